The average molecular weight is 275 g/mol. The van der Waals surface area contributed by atoms with Crippen molar-refractivity contribution < 1.29 is 8.42 Å². The van der Waals surface area contributed by atoms with Crippen LogP contribution in [0.25, 0.3) is 0 Å². The molecule has 1 unspecified atom stereocenters. The zero-order valence-electron chi connectivity index (χ0n) is 9.53. The highest BCUT2D eigenvalue weighted by atomic mass is 35.5. The van der Waals surface area contributed by atoms with Gasteiger partial charge in [0.25, 0.3) is 0 Å². The SMILES string of the molecule is CC1(Nc2cc(Cl)ccc2N)CCS(=O)(=O)C1. The van der Waals surface area contributed by atoms with Gasteiger partial charge in [-0.15, -0.1) is 0 Å². The molecule has 1 fully saturated rings. The Morgan fingerprint density at radius 3 is 2.76 bits per heavy atom. The Kier molecular flexibility index (Phi) is 2.99. The number of benzene rings is 1. The fraction of sp³-hybridized carbons (Fsp3) is 0.455. The lowest BCUT2D eigenvalue weighted by Gasteiger charge is -2.26. The Labute approximate surface area is 106 Å². The fourth-order valence-electron chi connectivity index (χ4n) is 2.07. The normalized spacial score (nSPS) is 26.9. The van der Waals surface area contributed by atoms with Crippen LogP contribution in [0.4, 0.5) is 11.4 Å². The van der Waals surface area contributed by atoms with Crippen molar-refractivity contribution in [2.45, 2.75) is 18.9 Å². The van der Waals surface area contributed by atoms with Crippen LogP contribution in [0.15, 0.2) is 18.2 Å². The Bertz CT molecular complexity index is 544. The first-order valence-corrected chi connectivity index (χ1v) is 7.53. The van der Waals surface area contributed by atoms with Crippen LogP contribution in [-0.2, 0) is 9.84 Å². The zero-order valence-corrected chi connectivity index (χ0v) is 11.1. The first kappa shape index (κ1) is 12.5. The predicted molar refractivity (Wildman–Crippen MR) is 71.2 cm³/mol. The molecule has 1 heterocycles. The van der Waals surface area contributed by atoms with Gasteiger partial charge in [0.15, 0.2) is 9.84 Å². The first-order chi connectivity index (χ1) is 7.80. The second-order valence-electron chi connectivity index (χ2n) is 4.76. The summed E-state index contributed by atoms with van der Waals surface area (Å²) in [7, 11) is -2.93. The van der Waals surface area contributed by atoms with Gasteiger partial charge < -0.3 is 11.1 Å². The molecule has 0 amide bonds. The van der Waals surface area contributed by atoms with E-state index in [0.29, 0.717) is 22.8 Å². The third-order valence-corrected chi connectivity index (χ3v) is 5.09. The van der Waals surface area contributed by atoms with Crippen LogP contribution >= 0.6 is 11.6 Å². The van der Waals surface area contributed by atoms with Crippen LogP contribution in [0.2, 0.25) is 5.02 Å². The van der Waals surface area contributed by atoms with Crippen molar-refractivity contribution in [2.24, 2.45) is 0 Å². The van der Waals surface area contributed by atoms with Gasteiger partial charge in [-0.25, -0.2) is 8.42 Å². The number of rotatable bonds is 2. The number of nitrogens with one attached hydrogen (secondary N) is 1. The quantitative estimate of drug-likeness (QED) is 0.808. The molecule has 94 valence electrons. The van der Waals surface area contributed by atoms with Crippen molar-refractivity contribution >= 4 is 32.8 Å². The smallest absolute Gasteiger partial charge is 0.152 e. The van der Waals surface area contributed by atoms with Crippen molar-refractivity contribution in [2.75, 3.05) is 22.6 Å². The van der Waals surface area contributed by atoms with Gasteiger partial charge in [0.05, 0.1) is 22.9 Å². The standard InChI is InChI=1S/C11H15ClN2O2S/c1-11(4-5-17(15,16)7-11)14-10-6-8(12)2-3-9(10)13/h2-3,6,14H,4-5,7,13H2,1H3. The lowest BCUT2D eigenvalue weighted by atomic mass is 10.0. The monoisotopic (exact) mass is 274 g/mol. The molecule has 0 aliphatic carbocycles. The van der Waals surface area contributed by atoms with Crippen LogP contribution in [0.1, 0.15) is 13.3 Å². The fourth-order valence-corrected chi connectivity index (χ4v) is 4.34. The van der Waals surface area contributed by atoms with Crippen molar-refractivity contribution in [3.63, 3.8) is 0 Å². The number of nitrogens with two attached hydrogens (primary N) is 1. The van der Waals surface area contributed by atoms with E-state index in [0.717, 1.165) is 0 Å². The maximum Gasteiger partial charge on any atom is 0.152 e. The molecule has 0 saturated carbocycles. The Hall–Kier alpha value is -0.940. The Morgan fingerprint density at radius 2 is 2.18 bits per heavy atom. The molecule has 1 aliphatic rings. The van der Waals surface area contributed by atoms with E-state index in [1.54, 1.807) is 18.2 Å². The van der Waals surface area contributed by atoms with Gasteiger partial charge in [-0.2, -0.15) is 0 Å². The number of hydrogen-bond donors (Lipinski definition) is 2. The van der Waals surface area contributed by atoms with Crippen molar-refractivity contribution in [3.05, 3.63) is 23.2 Å². The predicted octanol–water partition coefficient (Wildman–Crippen LogP) is 1.91. The maximum absolute atomic E-state index is 11.5. The number of nitrogen functional groups attached to an aromatic ring is 1. The molecule has 0 aromatic heterocycles. The van der Waals surface area contributed by atoms with E-state index in [-0.39, 0.29) is 11.5 Å². The molecular formula is C11H15ClN2O2S. The highest BCUT2D eigenvalue weighted by Crippen LogP contribution is 2.31. The van der Waals surface area contributed by atoms with Gasteiger partial charge in [0.2, 0.25) is 0 Å². The summed E-state index contributed by atoms with van der Waals surface area (Å²) in [6, 6.07) is 5.13. The molecule has 1 aliphatic heterocycles. The first-order valence-electron chi connectivity index (χ1n) is 5.33. The van der Waals surface area contributed by atoms with E-state index in [2.05, 4.69) is 5.32 Å². The maximum atomic E-state index is 11.5. The van der Waals surface area contributed by atoms with Gasteiger partial charge in [-0.1, -0.05) is 11.6 Å². The van der Waals surface area contributed by atoms with E-state index in [9.17, 15) is 8.42 Å². The third-order valence-electron chi connectivity index (χ3n) is 2.96. The zero-order chi connectivity index (χ0) is 12.7. The molecule has 0 radical (unpaired) electrons. The summed E-state index contributed by atoms with van der Waals surface area (Å²) < 4.78 is 23.0. The molecule has 0 spiro atoms. The lowest BCUT2D eigenvalue weighted by Crippen LogP contribution is -2.36. The summed E-state index contributed by atoms with van der Waals surface area (Å²) in [5.41, 5.74) is 6.62. The number of hydrogen-bond acceptors (Lipinski definition) is 4. The Balaban J connectivity index is 2.24. The summed E-state index contributed by atoms with van der Waals surface area (Å²) >= 11 is 5.89. The highest BCUT2D eigenvalue weighted by Gasteiger charge is 2.38. The van der Waals surface area contributed by atoms with Gasteiger partial charge in [-0.3, -0.25) is 0 Å². The molecule has 1 aromatic carbocycles. The second-order valence-corrected chi connectivity index (χ2v) is 7.38. The van der Waals surface area contributed by atoms with Gasteiger partial charge in [-0.05, 0) is 31.5 Å². The summed E-state index contributed by atoms with van der Waals surface area (Å²) in [4.78, 5) is 0. The Morgan fingerprint density at radius 1 is 1.47 bits per heavy atom. The molecule has 1 atom stereocenters. The van der Waals surface area contributed by atoms with Crippen molar-refractivity contribution in [3.8, 4) is 0 Å². The molecule has 1 aromatic rings. The van der Waals surface area contributed by atoms with Gasteiger partial charge in [0.1, 0.15) is 0 Å². The molecule has 17 heavy (non-hydrogen) atoms. The minimum absolute atomic E-state index is 0.131. The minimum atomic E-state index is -2.93. The number of halogens is 1. The van der Waals surface area contributed by atoms with Gasteiger partial charge >= 0.3 is 0 Å². The van der Waals surface area contributed by atoms with Crippen LogP contribution in [-0.4, -0.2) is 25.5 Å². The third kappa shape index (κ3) is 2.84. The minimum Gasteiger partial charge on any atom is -0.397 e. The summed E-state index contributed by atoms with van der Waals surface area (Å²) in [5, 5.41) is 3.77. The highest BCUT2D eigenvalue weighted by molar-refractivity contribution is 7.91. The summed E-state index contributed by atoms with van der Waals surface area (Å²) in [5.74, 6) is 0.350. The number of anilines is 2. The topological polar surface area (TPSA) is 72.2 Å². The lowest BCUT2D eigenvalue weighted by molar-refractivity contribution is 0.574. The molecule has 0 bridgehead atoms. The summed E-state index contributed by atoms with van der Waals surface area (Å²) in [6.45, 7) is 1.89. The summed E-state index contributed by atoms with van der Waals surface area (Å²) in [6.07, 6.45) is 0.585. The average Bonchev–Trinajstić information content (AvgIpc) is 2.47. The molecule has 6 heteroatoms. The van der Waals surface area contributed by atoms with E-state index in [1.807, 2.05) is 6.92 Å². The number of sulfone groups is 1. The van der Waals surface area contributed by atoms with Crippen molar-refractivity contribution in [1.82, 2.24) is 0 Å². The van der Waals surface area contributed by atoms with Gasteiger partial charge in [0, 0.05) is 10.6 Å². The molecule has 2 rings (SSSR count). The van der Waals surface area contributed by atoms with E-state index >= 15 is 0 Å². The van der Waals surface area contributed by atoms with E-state index < -0.39 is 15.4 Å². The molecular weight excluding hydrogens is 260 g/mol. The molecule has 1 saturated heterocycles. The van der Waals surface area contributed by atoms with Crippen LogP contribution in [0.5, 0.6) is 0 Å². The van der Waals surface area contributed by atoms with Crippen LogP contribution < -0.4 is 11.1 Å². The van der Waals surface area contributed by atoms with Crippen LogP contribution in [0.3, 0.4) is 0 Å². The second kappa shape index (κ2) is 4.07. The molecule has 4 nitrogen and oxygen atoms in total. The van der Waals surface area contributed by atoms with Crippen molar-refractivity contribution in [1.29, 1.82) is 0 Å². The van der Waals surface area contributed by atoms with E-state index in [4.69, 9.17) is 17.3 Å². The van der Waals surface area contributed by atoms with Crippen LogP contribution in [0, 0.1) is 0 Å². The van der Waals surface area contributed by atoms with E-state index in [1.165, 1.54) is 0 Å². The molecule has 3 N–H and O–H groups in total. The largest absolute Gasteiger partial charge is 0.397 e.